The Morgan fingerprint density at radius 3 is 2.40 bits per heavy atom. The fourth-order valence-electron chi connectivity index (χ4n) is 3.22. The van der Waals surface area contributed by atoms with E-state index < -0.39 is 0 Å². The van der Waals surface area contributed by atoms with Crippen LogP contribution in [0.15, 0.2) is 54.6 Å². The zero-order chi connectivity index (χ0) is 17.5. The van der Waals surface area contributed by atoms with Gasteiger partial charge in [0.1, 0.15) is 0 Å². The molecule has 25 heavy (non-hydrogen) atoms. The fourth-order valence-corrected chi connectivity index (χ4v) is 3.22. The first-order valence-corrected chi connectivity index (χ1v) is 9.05. The maximum Gasteiger partial charge on any atom is 0.338 e. The van der Waals surface area contributed by atoms with Crippen molar-refractivity contribution in [1.82, 2.24) is 5.32 Å². The van der Waals surface area contributed by atoms with Crippen molar-refractivity contribution in [3.05, 3.63) is 65.7 Å². The van der Waals surface area contributed by atoms with E-state index in [9.17, 15) is 4.79 Å². The second-order valence-corrected chi connectivity index (χ2v) is 6.40. The summed E-state index contributed by atoms with van der Waals surface area (Å²) >= 11 is 0. The molecule has 4 heteroatoms. The second kappa shape index (κ2) is 8.67. The molecule has 1 saturated heterocycles. The Labute approximate surface area is 149 Å². The molecule has 0 aliphatic carbocycles. The molecule has 0 atom stereocenters. The predicted molar refractivity (Wildman–Crippen MR) is 101 cm³/mol. The first-order valence-electron chi connectivity index (χ1n) is 9.05. The number of anilines is 1. The van der Waals surface area contributed by atoms with Crippen molar-refractivity contribution < 1.29 is 9.53 Å². The van der Waals surface area contributed by atoms with E-state index in [1.165, 1.54) is 11.3 Å². The molecule has 1 heterocycles. The van der Waals surface area contributed by atoms with Gasteiger partial charge >= 0.3 is 5.97 Å². The van der Waals surface area contributed by atoms with E-state index in [1.807, 2.05) is 31.2 Å². The molecule has 0 spiro atoms. The first-order chi connectivity index (χ1) is 12.3. The highest BCUT2D eigenvalue weighted by atomic mass is 16.5. The SMILES string of the molecule is CCOC(=O)c1ccc(N2CCC(NCc3ccccc3)CC2)cc1. The van der Waals surface area contributed by atoms with E-state index >= 15 is 0 Å². The van der Waals surface area contributed by atoms with Crippen molar-refractivity contribution >= 4 is 11.7 Å². The average Bonchev–Trinajstić information content (AvgIpc) is 2.68. The molecule has 1 aliphatic rings. The molecule has 132 valence electrons. The van der Waals surface area contributed by atoms with Gasteiger partial charge in [0, 0.05) is 31.4 Å². The summed E-state index contributed by atoms with van der Waals surface area (Å²) in [5.74, 6) is -0.252. The Morgan fingerprint density at radius 1 is 1.08 bits per heavy atom. The molecule has 0 radical (unpaired) electrons. The number of nitrogens with zero attached hydrogens (tertiary/aromatic N) is 1. The number of carbonyl (C=O) groups excluding carboxylic acids is 1. The molecule has 0 bridgehead atoms. The van der Waals surface area contributed by atoms with Gasteiger partial charge in [0.2, 0.25) is 0 Å². The lowest BCUT2D eigenvalue weighted by Gasteiger charge is -2.34. The molecule has 3 rings (SSSR count). The highest BCUT2D eigenvalue weighted by molar-refractivity contribution is 5.89. The third-order valence-corrected chi connectivity index (χ3v) is 4.68. The van der Waals surface area contributed by atoms with Crippen LogP contribution in [0.3, 0.4) is 0 Å². The summed E-state index contributed by atoms with van der Waals surface area (Å²) in [6.45, 7) is 5.22. The van der Waals surface area contributed by atoms with Gasteiger partial charge in [-0.05, 0) is 49.6 Å². The zero-order valence-electron chi connectivity index (χ0n) is 14.8. The van der Waals surface area contributed by atoms with Crippen LogP contribution in [0.5, 0.6) is 0 Å². The maximum atomic E-state index is 11.7. The van der Waals surface area contributed by atoms with Crippen LogP contribution in [0.4, 0.5) is 5.69 Å². The molecule has 1 aliphatic heterocycles. The molecular weight excluding hydrogens is 312 g/mol. The van der Waals surface area contributed by atoms with Gasteiger partial charge in [-0.3, -0.25) is 0 Å². The molecule has 0 amide bonds. The topological polar surface area (TPSA) is 41.6 Å². The molecule has 4 nitrogen and oxygen atoms in total. The molecule has 0 aromatic heterocycles. The van der Waals surface area contributed by atoms with Crippen LogP contribution in [0, 0.1) is 0 Å². The van der Waals surface area contributed by atoms with Crippen LogP contribution < -0.4 is 10.2 Å². The number of rotatable bonds is 6. The number of carbonyl (C=O) groups is 1. The van der Waals surface area contributed by atoms with Gasteiger partial charge in [0.15, 0.2) is 0 Å². The molecule has 1 fully saturated rings. The van der Waals surface area contributed by atoms with Crippen molar-refractivity contribution in [1.29, 1.82) is 0 Å². The standard InChI is InChI=1S/C21H26N2O2/c1-2-25-21(24)18-8-10-20(11-9-18)23-14-12-19(13-15-23)22-16-17-6-4-3-5-7-17/h3-11,19,22H,2,12-16H2,1H3. The van der Waals surface area contributed by atoms with E-state index in [4.69, 9.17) is 4.74 Å². The van der Waals surface area contributed by atoms with Gasteiger partial charge in [-0.1, -0.05) is 30.3 Å². The average molecular weight is 338 g/mol. The normalized spacial score (nSPS) is 15.2. The van der Waals surface area contributed by atoms with Gasteiger partial charge in [-0.15, -0.1) is 0 Å². The number of hydrogen-bond donors (Lipinski definition) is 1. The number of esters is 1. The van der Waals surface area contributed by atoms with Gasteiger partial charge in [-0.25, -0.2) is 4.79 Å². The molecule has 0 saturated carbocycles. The Hall–Kier alpha value is -2.33. The molecule has 2 aromatic carbocycles. The molecule has 2 aromatic rings. The van der Waals surface area contributed by atoms with Crippen LogP contribution in [0.1, 0.15) is 35.7 Å². The summed E-state index contributed by atoms with van der Waals surface area (Å²) in [7, 11) is 0. The number of benzene rings is 2. The van der Waals surface area contributed by atoms with Crippen molar-refractivity contribution in [2.75, 3.05) is 24.6 Å². The van der Waals surface area contributed by atoms with E-state index in [1.54, 1.807) is 0 Å². The van der Waals surface area contributed by atoms with E-state index in [0.29, 0.717) is 18.2 Å². The lowest BCUT2D eigenvalue weighted by molar-refractivity contribution is 0.0526. The number of ether oxygens (including phenoxy) is 1. The highest BCUT2D eigenvalue weighted by Crippen LogP contribution is 2.21. The summed E-state index contributed by atoms with van der Waals surface area (Å²) in [6, 6.07) is 18.8. The van der Waals surface area contributed by atoms with E-state index in [2.05, 4.69) is 40.5 Å². The summed E-state index contributed by atoms with van der Waals surface area (Å²) in [4.78, 5) is 14.1. The van der Waals surface area contributed by atoms with Crippen molar-refractivity contribution in [3.8, 4) is 0 Å². The number of hydrogen-bond acceptors (Lipinski definition) is 4. The highest BCUT2D eigenvalue weighted by Gasteiger charge is 2.19. The van der Waals surface area contributed by atoms with E-state index in [0.717, 1.165) is 32.5 Å². The smallest absolute Gasteiger partial charge is 0.338 e. The quantitative estimate of drug-likeness (QED) is 0.817. The summed E-state index contributed by atoms with van der Waals surface area (Å²) in [5, 5.41) is 3.66. The summed E-state index contributed by atoms with van der Waals surface area (Å²) in [6.07, 6.45) is 2.26. The molecule has 1 N–H and O–H groups in total. The van der Waals surface area contributed by atoms with Crippen LogP contribution in [0.2, 0.25) is 0 Å². The van der Waals surface area contributed by atoms with Gasteiger partial charge in [0.25, 0.3) is 0 Å². The third kappa shape index (κ3) is 4.83. The number of piperidine rings is 1. The molecular formula is C21H26N2O2. The molecule has 0 unspecified atom stereocenters. The zero-order valence-corrected chi connectivity index (χ0v) is 14.8. The minimum Gasteiger partial charge on any atom is -0.462 e. The lowest BCUT2D eigenvalue weighted by Crippen LogP contribution is -2.42. The van der Waals surface area contributed by atoms with Gasteiger partial charge < -0.3 is 15.0 Å². The lowest BCUT2D eigenvalue weighted by atomic mass is 10.0. The Kier molecular flexibility index (Phi) is 6.07. The second-order valence-electron chi connectivity index (χ2n) is 6.40. The maximum absolute atomic E-state index is 11.7. The predicted octanol–water partition coefficient (Wildman–Crippen LogP) is 3.62. The van der Waals surface area contributed by atoms with Crippen LogP contribution in [-0.4, -0.2) is 31.7 Å². The van der Waals surface area contributed by atoms with Gasteiger partial charge in [0.05, 0.1) is 12.2 Å². The largest absolute Gasteiger partial charge is 0.462 e. The Morgan fingerprint density at radius 2 is 1.76 bits per heavy atom. The Bertz CT molecular complexity index is 662. The van der Waals surface area contributed by atoms with E-state index in [-0.39, 0.29) is 5.97 Å². The first kappa shape index (κ1) is 17.5. The fraction of sp³-hybridized carbons (Fsp3) is 0.381. The summed E-state index contributed by atoms with van der Waals surface area (Å²) in [5.41, 5.74) is 3.12. The van der Waals surface area contributed by atoms with Crippen LogP contribution >= 0.6 is 0 Å². The van der Waals surface area contributed by atoms with Crippen molar-refractivity contribution in [3.63, 3.8) is 0 Å². The monoisotopic (exact) mass is 338 g/mol. The minimum atomic E-state index is -0.252. The minimum absolute atomic E-state index is 0.252. The van der Waals surface area contributed by atoms with Crippen molar-refractivity contribution in [2.45, 2.75) is 32.4 Å². The third-order valence-electron chi connectivity index (χ3n) is 4.68. The number of nitrogens with one attached hydrogen (secondary N) is 1. The van der Waals surface area contributed by atoms with Crippen LogP contribution in [0.25, 0.3) is 0 Å². The van der Waals surface area contributed by atoms with Gasteiger partial charge in [-0.2, -0.15) is 0 Å². The Balaban J connectivity index is 1.48. The summed E-state index contributed by atoms with van der Waals surface area (Å²) < 4.78 is 5.03. The van der Waals surface area contributed by atoms with Crippen LogP contribution in [-0.2, 0) is 11.3 Å². The van der Waals surface area contributed by atoms with Crippen molar-refractivity contribution in [2.24, 2.45) is 0 Å².